The molecule has 176 valence electrons. The summed E-state index contributed by atoms with van der Waals surface area (Å²) in [4.78, 5) is 22.1. The summed E-state index contributed by atoms with van der Waals surface area (Å²) in [5, 5.41) is 27.7. The number of hydrogen-bond acceptors (Lipinski definition) is 7. The summed E-state index contributed by atoms with van der Waals surface area (Å²) in [6.07, 6.45) is -1.00. The number of benzene rings is 2. The van der Waals surface area contributed by atoms with E-state index in [9.17, 15) is 19.8 Å². The Balaban J connectivity index is 0.000000330. The predicted octanol–water partition coefficient (Wildman–Crippen LogP) is 3.50. The standard InChI is InChI=1S/C14H20O4.C10H12O4/c1-4-5-8-18-14(16)13(15)11-7-6-10(2)12(9-11)17-3;1-6-3-4-7(5-8(6)14-2)9(11)10(12)13/h6-7,9,13,15H,4-5,8H2,1-3H3;3-5,9,11H,1-2H3,(H,12,13). The average Bonchev–Trinajstić information content (AvgIpc) is 2.79. The molecule has 2 aromatic rings. The third-order valence-corrected chi connectivity index (χ3v) is 4.70. The first kappa shape index (κ1) is 26.9. The smallest absolute Gasteiger partial charge is 0.339 e. The van der Waals surface area contributed by atoms with Crippen LogP contribution >= 0.6 is 0 Å². The largest absolute Gasteiger partial charge is 0.496 e. The SMILES string of the molecule is CCCCOC(=O)C(O)c1ccc(C)c(OC)c1.COc1cc(C(O)C(=O)O)ccc1C. The lowest BCUT2D eigenvalue weighted by atomic mass is 10.1. The first-order valence-electron chi connectivity index (χ1n) is 10.2. The second-order valence-electron chi connectivity index (χ2n) is 7.12. The molecule has 0 saturated heterocycles. The van der Waals surface area contributed by atoms with E-state index in [0.29, 0.717) is 29.2 Å². The highest BCUT2D eigenvalue weighted by Gasteiger charge is 2.20. The topological polar surface area (TPSA) is 123 Å². The van der Waals surface area contributed by atoms with Gasteiger partial charge in [0.1, 0.15) is 11.5 Å². The van der Waals surface area contributed by atoms with E-state index in [4.69, 9.17) is 19.3 Å². The Kier molecular flexibility index (Phi) is 11.2. The van der Waals surface area contributed by atoms with Gasteiger partial charge in [0.2, 0.25) is 0 Å². The van der Waals surface area contributed by atoms with E-state index < -0.39 is 24.1 Å². The van der Waals surface area contributed by atoms with Crippen LogP contribution in [0.2, 0.25) is 0 Å². The number of hydrogen-bond donors (Lipinski definition) is 3. The number of aliphatic carboxylic acids is 1. The molecule has 0 aromatic heterocycles. The van der Waals surface area contributed by atoms with Gasteiger partial charge >= 0.3 is 11.9 Å². The summed E-state index contributed by atoms with van der Waals surface area (Å²) in [7, 11) is 3.05. The predicted molar refractivity (Wildman–Crippen MR) is 119 cm³/mol. The maximum atomic E-state index is 11.6. The molecule has 0 aliphatic rings. The van der Waals surface area contributed by atoms with Crippen LogP contribution in [-0.4, -0.2) is 48.1 Å². The molecule has 2 atom stereocenters. The van der Waals surface area contributed by atoms with Crippen LogP contribution in [0.15, 0.2) is 36.4 Å². The number of carboxylic acid groups (broad SMARTS) is 1. The quantitative estimate of drug-likeness (QED) is 0.393. The molecule has 2 unspecified atom stereocenters. The van der Waals surface area contributed by atoms with Crippen molar-refractivity contribution in [3.8, 4) is 11.5 Å². The van der Waals surface area contributed by atoms with Crippen LogP contribution in [0.1, 0.15) is 54.2 Å². The van der Waals surface area contributed by atoms with Gasteiger partial charge in [-0.15, -0.1) is 0 Å². The number of carbonyl (C=O) groups excluding carboxylic acids is 1. The molecule has 8 nitrogen and oxygen atoms in total. The Labute approximate surface area is 188 Å². The van der Waals surface area contributed by atoms with Gasteiger partial charge < -0.3 is 29.5 Å². The van der Waals surface area contributed by atoms with Gasteiger partial charge in [-0.05, 0) is 54.7 Å². The number of methoxy groups -OCH3 is 2. The first-order chi connectivity index (χ1) is 15.2. The van der Waals surface area contributed by atoms with Crippen LogP contribution in [-0.2, 0) is 14.3 Å². The monoisotopic (exact) mass is 448 g/mol. The number of carboxylic acids is 1. The minimum absolute atomic E-state index is 0.319. The number of unbranched alkanes of at least 4 members (excludes halogenated alkanes) is 1. The molecule has 0 aliphatic carbocycles. The maximum Gasteiger partial charge on any atom is 0.339 e. The maximum absolute atomic E-state index is 11.6. The summed E-state index contributed by atoms with van der Waals surface area (Å²) in [5.74, 6) is -0.666. The third-order valence-electron chi connectivity index (χ3n) is 4.70. The van der Waals surface area contributed by atoms with Crippen LogP contribution < -0.4 is 9.47 Å². The lowest BCUT2D eigenvalue weighted by Crippen LogP contribution is -2.16. The summed E-state index contributed by atoms with van der Waals surface area (Å²) in [5.41, 5.74) is 2.65. The fourth-order valence-corrected chi connectivity index (χ4v) is 2.69. The Morgan fingerprint density at radius 3 is 1.75 bits per heavy atom. The average molecular weight is 449 g/mol. The van der Waals surface area contributed by atoms with E-state index in [1.165, 1.54) is 13.2 Å². The van der Waals surface area contributed by atoms with Crippen molar-refractivity contribution in [2.75, 3.05) is 20.8 Å². The van der Waals surface area contributed by atoms with E-state index in [1.54, 1.807) is 37.4 Å². The molecule has 0 aliphatic heterocycles. The van der Waals surface area contributed by atoms with Crippen molar-refractivity contribution in [3.63, 3.8) is 0 Å². The minimum Gasteiger partial charge on any atom is -0.496 e. The Morgan fingerprint density at radius 2 is 1.34 bits per heavy atom. The second-order valence-corrected chi connectivity index (χ2v) is 7.12. The molecule has 3 N–H and O–H groups in total. The van der Waals surface area contributed by atoms with Crippen LogP contribution in [0.25, 0.3) is 0 Å². The summed E-state index contributed by atoms with van der Waals surface area (Å²) < 4.78 is 15.1. The van der Waals surface area contributed by atoms with Crippen molar-refractivity contribution >= 4 is 11.9 Å². The number of aliphatic hydroxyl groups is 2. The zero-order valence-electron chi connectivity index (χ0n) is 19.1. The number of carbonyl (C=O) groups is 2. The van der Waals surface area contributed by atoms with Gasteiger partial charge in [0.05, 0.1) is 20.8 Å². The molecule has 2 rings (SSSR count). The minimum atomic E-state index is -1.50. The normalized spacial score (nSPS) is 12.1. The van der Waals surface area contributed by atoms with Crippen molar-refractivity contribution in [2.24, 2.45) is 0 Å². The number of ether oxygens (including phenoxy) is 3. The van der Waals surface area contributed by atoms with Crippen LogP contribution in [0.5, 0.6) is 11.5 Å². The highest BCUT2D eigenvalue weighted by molar-refractivity contribution is 5.76. The highest BCUT2D eigenvalue weighted by Crippen LogP contribution is 2.24. The van der Waals surface area contributed by atoms with Crippen molar-refractivity contribution in [2.45, 2.75) is 45.8 Å². The fourth-order valence-electron chi connectivity index (χ4n) is 2.69. The lowest BCUT2D eigenvalue weighted by Gasteiger charge is -2.13. The van der Waals surface area contributed by atoms with Gasteiger partial charge in [0.15, 0.2) is 12.2 Å². The fraction of sp³-hybridized carbons (Fsp3) is 0.417. The van der Waals surface area contributed by atoms with Gasteiger partial charge in [0, 0.05) is 0 Å². The van der Waals surface area contributed by atoms with Crippen molar-refractivity contribution in [3.05, 3.63) is 58.7 Å². The van der Waals surface area contributed by atoms with E-state index in [1.807, 2.05) is 20.8 Å². The molecule has 2 aromatic carbocycles. The van der Waals surface area contributed by atoms with Crippen molar-refractivity contribution in [1.82, 2.24) is 0 Å². The molecule has 32 heavy (non-hydrogen) atoms. The van der Waals surface area contributed by atoms with Crippen LogP contribution in [0.3, 0.4) is 0 Å². The summed E-state index contributed by atoms with van der Waals surface area (Å²) in [6, 6.07) is 9.95. The van der Waals surface area contributed by atoms with Gasteiger partial charge in [-0.25, -0.2) is 9.59 Å². The summed E-state index contributed by atoms with van der Waals surface area (Å²) in [6.45, 7) is 6.09. The van der Waals surface area contributed by atoms with Gasteiger partial charge in [0.25, 0.3) is 0 Å². The molecule has 0 heterocycles. The van der Waals surface area contributed by atoms with Gasteiger partial charge in [-0.1, -0.05) is 37.6 Å². The van der Waals surface area contributed by atoms with Crippen molar-refractivity contribution in [1.29, 1.82) is 0 Å². The van der Waals surface area contributed by atoms with Crippen LogP contribution in [0, 0.1) is 13.8 Å². The van der Waals surface area contributed by atoms with Gasteiger partial charge in [-0.3, -0.25) is 0 Å². The third kappa shape index (κ3) is 7.86. The van der Waals surface area contributed by atoms with E-state index in [2.05, 4.69) is 0 Å². The van der Waals surface area contributed by atoms with E-state index in [0.717, 1.165) is 24.0 Å². The van der Waals surface area contributed by atoms with Crippen LogP contribution in [0.4, 0.5) is 0 Å². The van der Waals surface area contributed by atoms with E-state index >= 15 is 0 Å². The highest BCUT2D eigenvalue weighted by atomic mass is 16.5. The molecule has 0 fully saturated rings. The van der Waals surface area contributed by atoms with E-state index in [-0.39, 0.29) is 0 Å². The molecular weight excluding hydrogens is 416 g/mol. The zero-order chi connectivity index (χ0) is 24.3. The Bertz CT molecular complexity index is 894. The molecule has 0 bridgehead atoms. The number of rotatable bonds is 9. The molecule has 0 spiro atoms. The molecular formula is C24H32O8. The first-order valence-corrected chi connectivity index (χ1v) is 10.2. The molecule has 0 saturated carbocycles. The number of aliphatic hydroxyl groups excluding tert-OH is 2. The zero-order valence-corrected chi connectivity index (χ0v) is 19.1. The second kappa shape index (κ2) is 13.3. The lowest BCUT2D eigenvalue weighted by molar-refractivity contribution is -0.154. The Hall–Kier alpha value is -3.10. The molecule has 8 heteroatoms. The number of esters is 1. The number of aryl methyl sites for hydroxylation is 2. The van der Waals surface area contributed by atoms with Gasteiger partial charge in [-0.2, -0.15) is 0 Å². The summed E-state index contributed by atoms with van der Waals surface area (Å²) >= 11 is 0. The van der Waals surface area contributed by atoms with Crippen molar-refractivity contribution < 1.29 is 39.1 Å². The molecule has 0 radical (unpaired) electrons. The molecule has 0 amide bonds. The Morgan fingerprint density at radius 1 is 0.875 bits per heavy atom.